The van der Waals surface area contributed by atoms with Crippen molar-refractivity contribution in [3.63, 3.8) is 0 Å². The lowest BCUT2D eigenvalue weighted by atomic mass is 10.0. The molecule has 37 heavy (non-hydrogen) atoms. The van der Waals surface area contributed by atoms with E-state index in [1.54, 1.807) is 32.4 Å². The molecule has 3 aromatic heterocycles. The number of anilines is 2. The average molecular weight is 497 g/mol. The molecule has 4 N–H and O–H groups in total. The number of H-pyrrole nitrogens is 2. The first-order valence-corrected chi connectivity index (χ1v) is 12.4. The van der Waals surface area contributed by atoms with Crippen molar-refractivity contribution in [3.05, 3.63) is 60.4 Å². The molecule has 1 aliphatic carbocycles. The van der Waals surface area contributed by atoms with Crippen molar-refractivity contribution in [1.29, 1.82) is 0 Å². The maximum atomic E-state index is 12.0. The van der Waals surface area contributed by atoms with Crippen LogP contribution in [0.2, 0.25) is 0 Å². The fraction of sp³-hybridized carbons (Fsp3) is 0.250. The molecule has 9 heteroatoms. The molecule has 0 saturated heterocycles. The highest BCUT2D eigenvalue weighted by Crippen LogP contribution is 2.38. The first-order chi connectivity index (χ1) is 18.1. The molecule has 0 bridgehead atoms. The average Bonchev–Trinajstić information content (AvgIpc) is 3.69. The number of methoxy groups -OCH3 is 1. The van der Waals surface area contributed by atoms with Gasteiger partial charge >= 0.3 is 0 Å². The number of benzene rings is 2. The Morgan fingerprint density at radius 2 is 1.92 bits per heavy atom. The summed E-state index contributed by atoms with van der Waals surface area (Å²) in [6.07, 6.45) is 8.36. The number of fused-ring (bicyclic) bond motifs is 2. The summed E-state index contributed by atoms with van der Waals surface area (Å²) in [5.41, 5.74) is 4.96. The number of nitrogens with zero attached hydrogens (tertiary/aromatic N) is 2. The van der Waals surface area contributed by atoms with Crippen molar-refractivity contribution >= 4 is 39.5 Å². The highest BCUT2D eigenvalue weighted by Gasteiger charge is 2.23. The van der Waals surface area contributed by atoms with Crippen molar-refractivity contribution < 1.29 is 14.3 Å². The largest absolute Gasteiger partial charge is 0.495 e. The van der Waals surface area contributed by atoms with E-state index in [4.69, 9.17) is 19.4 Å². The van der Waals surface area contributed by atoms with Gasteiger partial charge in [-0.25, -0.2) is 0 Å². The second-order valence-corrected chi connectivity index (χ2v) is 9.20. The number of nitrogens with one attached hydrogen (secondary N) is 4. The van der Waals surface area contributed by atoms with Gasteiger partial charge in [0.1, 0.15) is 17.5 Å². The summed E-state index contributed by atoms with van der Waals surface area (Å²) in [4.78, 5) is 28.2. The minimum absolute atomic E-state index is 0.127. The molecule has 1 amide bonds. The van der Waals surface area contributed by atoms with Gasteiger partial charge in [0.15, 0.2) is 0 Å². The minimum atomic E-state index is -0.188. The third-order valence-corrected chi connectivity index (χ3v) is 6.88. The first kappa shape index (κ1) is 22.9. The molecule has 188 valence electrons. The standard InChI is InChI=1S/C28H28N6O3/c1-29-26(35)18-8-10-22(23(14-18)36-2)32-28-33-25-24(27(34-28)37-19-5-3-4-6-19)20(15-31-25)16-7-9-21-17(13-16)11-12-30-21/h7-15,19,30H,3-6H2,1-2H3,(H,29,35)(H2,31,32,33,34). The number of rotatable bonds is 7. The Morgan fingerprint density at radius 1 is 1.05 bits per heavy atom. The van der Waals surface area contributed by atoms with Gasteiger partial charge in [0.25, 0.3) is 5.91 Å². The maximum Gasteiger partial charge on any atom is 0.251 e. The van der Waals surface area contributed by atoms with Gasteiger partial charge in [0.2, 0.25) is 11.8 Å². The van der Waals surface area contributed by atoms with Gasteiger partial charge in [-0.15, -0.1) is 0 Å². The normalized spacial score (nSPS) is 13.8. The number of aromatic nitrogens is 4. The van der Waals surface area contributed by atoms with Crippen molar-refractivity contribution in [2.24, 2.45) is 0 Å². The lowest BCUT2D eigenvalue weighted by Crippen LogP contribution is -2.17. The Balaban J connectivity index is 1.42. The van der Waals surface area contributed by atoms with Crippen LogP contribution in [0, 0.1) is 0 Å². The van der Waals surface area contributed by atoms with E-state index in [1.807, 2.05) is 12.4 Å². The molecule has 6 rings (SSSR count). The van der Waals surface area contributed by atoms with E-state index in [0.717, 1.165) is 53.1 Å². The van der Waals surface area contributed by atoms with E-state index >= 15 is 0 Å². The number of carbonyl (C=O) groups is 1. The summed E-state index contributed by atoms with van der Waals surface area (Å²) in [5, 5.41) is 7.87. The molecule has 1 fully saturated rings. The Bertz CT molecular complexity index is 1600. The molecular formula is C28H28N6O3. The van der Waals surface area contributed by atoms with Crippen LogP contribution in [0.3, 0.4) is 0 Å². The SMILES string of the molecule is CNC(=O)c1ccc(Nc2nc(OC3CCCC3)c3c(-c4ccc5[nH]ccc5c4)c[nH]c3n2)c(OC)c1. The molecule has 2 aromatic carbocycles. The molecule has 1 saturated carbocycles. The van der Waals surface area contributed by atoms with Crippen LogP contribution in [-0.2, 0) is 0 Å². The molecule has 0 unspecified atom stereocenters. The van der Waals surface area contributed by atoms with Crippen LogP contribution in [0.5, 0.6) is 11.6 Å². The van der Waals surface area contributed by atoms with Gasteiger partial charge in [0.05, 0.1) is 18.2 Å². The Kier molecular flexibility index (Phi) is 5.88. The molecule has 0 radical (unpaired) electrons. The summed E-state index contributed by atoms with van der Waals surface area (Å²) >= 11 is 0. The highest BCUT2D eigenvalue weighted by molar-refractivity contribution is 6.00. The molecule has 0 spiro atoms. The van der Waals surface area contributed by atoms with E-state index in [2.05, 4.69) is 44.9 Å². The Hall–Kier alpha value is -4.53. The summed E-state index contributed by atoms with van der Waals surface area (Å²) in [6.45, 7) is 0. The molecule has 5 aromatic rings. The number of carbonyl (C=O) groups excluding carboxylic acids is 1. The lowest BCUT2D eigenvalue weighted by molar-refractivity contribution is 0.0962. The van der Waals surface area contributed by atoms with Crippen molar-refractivity contribution in [3.8, 4) is 22.8 Å². The van der Waals surface area contributed by atoms with Crippen molar-refractivity contribution in [2.75, 3.05) is 19.5 Å². The van der Waals surface area contributed by atoms with Gasteiger partial charge in [-0.2, -0.15) is 9.97 Å². The zero-order valence-corrected chi connectivity index (χ0v) is 20.7. The monoisotopic (exact) mass is 496 g/mol. The molecule has 0 atom stereocenters. The highest BCUT2D eigenvalue weighted by atomic mass is 16.5. The lowest BCUT2D eigenvalue weighted by Gasteiger charge is -2.16. The second-order valence-electron chi connectivity index (χ2n) is 9.20. The number of hydrogen-bond acceptors (Lipinski definition) is 6. The molecule has 9 nitrogen and oxygen atoms in total. The van der Waals surface area contributed by atoms with Crippen molar-refractivity contribution in [1.82, 2.24) is 25.3 Å². The van der Waals surface area contributed by atoms with E-state index in [-0.39, 0.29) is 12.0 Å². The van der Waals surface area contributed by atoms with E-state index in [0.29, 0.717) is 34.5 Å². The van der Waals surface area contributed by atoms with Crippen LogP contribution in [-0.4, -0.2) is 46.1 Å². The zero-order valence-electron chi connectivity index (χ0n) is 20.7. The smallest absolute Gasteiger partial charge is 0.251 e. The third-order valence-electron chi connectivity index (χ3n) is 6.88. The summed E-state index contributed by atoms with van der Waals surface area (Å²) < 4.78 is 12.0. The second kappa shape index (κ2) is 9.50. The van der Waals surface area contributed by atoms with Gasteiger partial charge in [-0.05, 0) is 73.0 Å². The minimum Gasteiger partial charge on any atom is -0.495 e. The van der Waals surface area contributed by atoms with Crippen molar-refractivity contribution in [2.45, 2.75) is 31.8 Å². The predicted molar refractivity (Wildman–Crippen MR) is 144 cm³/mol. The van der Waals surface area contributed by atoms with E-state index in [1.165, 1.54) is 0 Å². The van der Waals surface area contributed by atoms with Gasteiger partial charge in [-0.1, -0.05) is 6.07 Å². The van der Waals surface area contributed by atoms with Crippen LogP contribution >= 0.6 is 0 Å². The fourth-order valence-corrected chi connectivity index (χ4v) is 4.95. The number of aromatic amines is 2. The van der Waals surface area contributed by atoms with Crippen LogP contribution < -0.4 is 20.1 Å². The zero-order chi connectivity index (χ0) is 25.4. The van der Waals surface area contributed by atoms with Gasteiger partial charge < -0.3 is 30.1 Å². The number of amides is 1. The quantitative estimate of drug-likeness (QED) is 0.235. The fourth-order valence-electron chi connectivity index (χ4n) is 4.95. The van der Waals surface area contributed by atoms with Crippen LogP contribution in [0.4, 0.5) is 11.6 Å². The molecule has 3 heterocycles. The molecule has 0 aliphatic heterocycles. The molecular weight excluding hydrogens is 468 g/mol. The Morgan fingerprint density at radius 3 is 2.73 bits per heavy atom. The van der Waals surface area contributed by atoms with E-state index < -0.39 is 0 Å². The third kappa shape index (κ3) is 4.33. The summed E-state index contributed by atoms with van der Waals surface area (Å²) in [7, 11) is 3.16. The Labute approximate surface area is 213 Å². The summed E-state index contributed by atoms with van der Waals surface area (Å²) in [5.74, 6) is 1.24. The van der Waals surface area contributed by atoms with Gasteiger partial charge in [0, 0.05) is 36.1 Å². The van der Waals surface area contributed by atoms with Crippen LogP contribution in [0.1, 0.15) is 36.0 Å². The topological polar surface area (TPSA) is 117 Å². The van der Waals surface area contributed by atoms with Crippen LogP contribution in [0.25, 0.3) is 33.1 Å². The first-order valence-electron chi connectivity index (χ1n) is 12.4. The van der Waals surface area contributed by atoms with Gasteiger partial charge in [-0.3, -0.25) is 4.79 Å². The predicted octanol–water partition coefficient (Wildman–Crippen LogP) is 5.54. The van der Waals surface area contributed by atoms with Crippen LogP contribution in [0.15, 0.2) is 54.9 Å². The number of hydrogen-bond donors (Lipinski definition) is 4. The number of ether oxygens (including phenoxy) is 2. The maximum absolute atomic E-state index is 12.0. The van der Waals surface area contributed by atoms with E-state index in [9.17, 15) is 4.79 Å². The molecule has 1 aliphatic rings. The summed E-state index contributed by atoms with van der Waals surface area (Å²) in [6, 6.07) is 13.6.